The highest BCUT2D eigenvalue weighted by Gasteiger charge is 2.38. The van der Waals surface area contributed by atoms with E-state index in [2.05, 4.69) is 16.9 Å². The van der Waals surface area contributed by atoms with Gasteiger partial charge in [0.15, 0.2) is 0 Å². The van der Waals surface area contributed by atoms with E-state index >= 15 is 0 Å². The molecule has 6 nitrogen and oxygen atoms in total. The van der Waals surface area contributed by atoms with Crippen LogP contribution in [-0.4, -0.2) is 66.5 Å². The average Bonchev–Trinajstić information content (AvgIpc) is 3.03. The van der Waals surface area contributed by atoms with E-state index < -0.39 is 10.0 Å². The first kappa shape index (κ1) is 16.7. The molecule has 0 amide bonds. The Morgan fingerprint density at radius 3 is 2.71 bits per heavy atom. The van der Waals surface area contributed by atoms with Gasteiger partial charge in [0.2, 0.25) is 10.0 Å². The molecule has 120 valence electrons. The molecule has 2 rings (SSSR count). The van der Waals surface area contributed by atoms with Crippen LogP contribution in [0.25, 0.3) is 0 Å². The van der Waals surface area contributed by atoms with Gasteiger partial charge in [0.25, 0.3) is 0 Å². The number of aryl methyl sites for hydroxylation is 1. The van der Waals surface area contributed by atoms with E-state index in [0.717, 1.165) is 6.42 Å². The van der Waals surface area contributed by atoms with Gasteiger partial charge in [-0.25, -0.2) is 8.42 Å². The van der Waals surface area contributed by atoms with Gasteiger partial charge in [-0.1, -0.05) is 6.92 Å². The Hall–Kier alpha value is -0.630. The highest BCUT2D eigenvalue weighted by Crippen LogP contribution is 2.26. The number of sulfonamides is 1. The molecule has 2 heterocycles. The van der Waals surface area contributed by atoms with Crippen molar-refractivity contribution in [2.24, 2.45) is 5.92 Å². The molecule has 8 heteroatoms. The summed E-state index contributed by atoms with van der Waals surface area (Å²) in [6.45, 7) is 3.81. The molecule has 0 radical (unpaired) electrons. The lowest BCUT2D eigenvalue weighted by Gasteiger charge is -2.22. The lowest BCUT2D eigenvalue weighted by molar-refractivity contribution is 0.263. The number of hydrogen-bond donors (Lipinski definition) is 0. The van der Waals surface area contributed by atoms with E-state index in [1.165, 1.54) is 6.20 Å². The van der Waals surface area contributed by atoms with Crippen molar-refractivity contribution in [2.45, 2.75) is 30.8 Å². The second-order valence-corrected chi connectivity index (χ2v) is 8.13. The maximum Gasteiger partial charge on any atom is 0.246 e. The van der Waals surface area contributed by atoms with Gasteiger partial charge in [0.1, 0.15) is 4.90 Å². The van der Waals surface area contributed by atoms with Crippen molar-refractivity contribution in [3.8, 4) is 0 Å². The van der Waals surface area contributed by atoms with Crippen LogP contribution < -0.4 is 0 Å². The standard InChI is InChI=1S/C13H23ClN4O2S/c1-11-8-18(10-13(11)16(2)3)21(19,20)12-7-15-17(9-12)6-4-5-14/h7,9,11,13H,4-6,8,10H2,1-3H3. The molecule has 2 unspecified atom stereocenters. The molecule has 1 aliphatic heterocycles. The lowest BCUT2D eigenvalue weighted by Crippen LogP contribution is -2.35. The molecule has 21 heavy (non-hydrogen) atoms. The van der Waals surface area contributed by atoms with Crippen molar-refractivity contribution in [1.82, 2.24) is 19.0 Å². The molecule has 0 aliphatic carbocycles. The molecule has 2 atom stereocenters. The van der Waals surface area contributed by atoms with Crippen LogP contribution in [0.5, 0.6) is 0 Å². The zero-order valence-electron chi connectivity index (χ0n) is 12.7. The third-order valence-electron chi connectivity index (χ3n) is 3.97. The SMILES string of the molecule is CC1CN(S(=O)(=O)c2cnn(CCCCl)c2)CC1N(C)C. The van der Waals surface area contributed by atoms with Crippen LogP contribution in [0.15, 0.2) is 17.3 Å². The molecule has 0 bridgehead atoms. The van der Waals surface area contributed by atoms with Crippen molar-refractivity contribution in [2.75, 3.05) is 33.1 Å². The number of nitrogens with zero attached hydrogens (tertiary/aromatic N) is 4. The highest BCUT2D eigenvalue weighted by atomic mass is 35.5. The zero-order valence-corrected chi connectivity index (χ0v) is 14.3. The minimum atomic E-state index is -3.45. The fraction of sp³-hybridized carbons (Fsp3) is 0.769. The first-order chi connectivity index (χ1) is 9.86. The number of likely N-dealkylation sites (N-methyl/N-ethyl adjacent to an activating group) is 1. The van der Waals surface area contributed by atoms with Crippen LogP contribution in [0.4, 0.5) is 0 Å². The summed E-state index contributed by atoms with van der Waals surface area (Å²) >= 11 is 5.64. The summed E-state index contributed by atoms with van der Waals surface area (Å²) in [5.74, 6) is 0.858. The lowest BCUT2D eigenvalue weighted by atomic mass is 10.1. The number of halogens is 1. The number of hydrogen-bond acceptors (Lipinski definition) is 4. The molecule has 0 spiro atoms. The van der Waals surface area contributed by atoms with E-state index in [4.69, 9.17) is 11.6 Å². The van der Waals surface area contributed by atoms with Gasteiger partial charge in [0.05, 0.1) is 6.20 Å². The van der Waals surface area contributed by atoms with Crippen LogP contribution in [0.2, 0.25) is 0 Å². The Morgan fingerprint density at radius 1 is 1.43 bits per heavy atom. The molecule has 1 fully saturated rings. The molecule has 1 aromatic heterocycles. The van der Waals surface area contributed by atoms with Crippen LogP contribution in [0, 0.1) is 5.92 Å². The summed E-state index contributed by atoms with van der Waals surface area (Å²) in [7, 11) is 0.523. The Morgan fingerprint density at radius 2 is 2.14 bits per heavy atom. The summed E-state index contributed by atoms with van der Waals surface area (Å²) in [5, 5.41) is 4.11. The largest absolute Gasteiger partial charge is 0.305 e. The van der Waals surface area contributed by atoms with Crippen LogP contribution in [0.1, 0.15) is 13.3 Å². The van der Waals surface area contributed by atoms with Crippen LogP contribution in [-0.2, 0) is 16.6 Å². The van der Waals surface area contributed by atoms with Crippen molar-refractivity contribution in [3.63, 3.8) is 0 Å². The minimum absolute atomic E-state index is 0.256. The zero-order chi connectivity index (χ0) is 15.6. The Balaban J connectivity index is 2.13. The van der Waals surface area contributed by atoms with Crippen molar-refractivity contribution in [1.29, 1.82) is 0 Å². The van der Waals surface area contributed by atoms with Gasteiger partial charge in [-0.3, -0.25) is 4.68 Å². The Kier molecular flexibility index (Phi) is 5.29. The van der Waals surface area contributed by atoms with E-state index in [1.807, 2.05) is 14.1 Å². The van der Waals surface area contributed by atoms with E-state index in [9.17, 15) is 8.42 Å². The summed E-state index contributed by atoms with van der Waals surface area (Å²) in [6.07, 6.45) is 3.79. The number of rotatable bonds is 6. The molecule has 1 aliphatic rings. The fourth-order valence-electron chi connectivity index (χ4n) is 2.75. The van der Waals surface area contributed by atoms with Gasteiger partial charge >= 0.3 is 0 Å². The monoisotopic (exact) mass is 334 g/mol. The Bertz CT molecular complexity index is 572. The summed E-state index contributed by atoms with van der Waals surface area (Å²) in [4.78, 5) is 2.35. The molecule has 0 N–H and O–H groups in total. The van der Waals surface area contributed by atoms with Crippen molar-refractivity contribution < 1.29 is 8.42 Å². The fourth-order valence-corrected chi connectivity index (χ4v) is 4.38. The topological polar surface area (TPSA) is 58.4 Å². The summed E-state index contributed by atoms with van der Waals surface area (Å²) < 4.78 is 28.5. The van der Waals surface area contributed by atoms with E-state index in [1.54, 1.807) is 15.2 Å². The third kappa shape index (κ3) is 3.59. The second-order valence-electron chi connectivity index (χ2n) is 5.81. The average molecular weight is 335 g/mol. The first-order valence-corrected chi connectivity index (χ1v) is 9.08. The third-order valence-corrected chi connectivity index (χ3v) is 6.02. The van der Waals surface area contributed by atoms with Gasteiger partial charge in [-0.05, 0) is 26.4 Å². The number of aromatic nitrogens is 2. The smallest absolute Gasteiger partial charge is 0.246 e. The molecular weight excluding hydrogens is 312 g/mol. The first-order valence-electron chi connectivity index (χ1n) is 7.11. The molecule has 1 saturated heterocycles. The molecule has 0 saturated carbocycles. The summed E-state index contributed by atoms with van der Waals surface area (Å²) in [5.41, 5.74) is 0. The van der Waals surface area contributed by atoms with E-state index in [-0.39, 0.29) is 10.9 Å². The van der Waals surface area contributed by atoms with Gasteiger partial charge in [-0.15, -0.1) is 11.6 Å². The van der Waals surface area contributed by atoms with Crippen molar-refractivity contribution >= 4 is 21.6 Å². The number of alkyl halides is 1. The molecule has 1 aromatic rings. The maximum absolute atomic E-state index is 12.7. The normalized spacial score (nSPS) is 24.0. The van der Waals surface area contributed by atoms with Crippen LogP contribution >= 0.6 is 11.6 Å². The molecule has 0 aromatic carbocycles. The van der Waals surface area contributed by atoms with Crippen LogP contribution in [0.3, 0.4) is 0 Å². The van der Waals surface area contributed by atoms with Gasteiger partial charge in [-0.2, -0.15) is 9.40 Å². The minimum Gasteiger partial charge on any atom is -0.305 e. The predicted octanol–water partition coefficient (Wildman–Crippen LogP) is 1.08. The van der Waals surface area contributed by atoms with E-state index in [0.29, 0.717) is 31.4 Å². The highest BCUT2D eigenvalue weighted by molar-refractivity contribution is 7.89. The van der Waals surface area contributed by atoms with Gasteiger partial charge in [0, 0.05) is 37.8 Å². The van der Waals surface area contributed by atoms with Gasteiger partial charge < -0.3 is 4.90 Å². The maximum atomic E-state index is 12.7. The predicted molar refractivity (Wildman–Crippen MR) is 83.0 cm³/mol. The second kappa shape index (κ2) is 6.64. The molecular formula is C13H23ClN4O2S. The summed E-state index contributed by atoms with van der Waals surface area (Å²) in [6, 6.07) is 0.256. The quantitative estimate of drug-likeness (QED) is 0.731. The Labute approximate surface area is 131 Å². The van der Waals surface area contributed by atoms with Crippen molar-refractivity contribution in [3.05, 3.63) is 12.4 Å².